The molecule has 2 aromatic carbocycles. The third-order valence-corrected chi connectivity index (χ3v) is 5.28. The lowest BCUT2D eigenvalue weighted by atomic mass is 9.98. The predicted octanol–water partition coefficient (Wildman–Crippen LogP) is 4.06. The number of aryl methyl sites for hydroxylation is 1. The summed E-state index contributed by atoms with van der Waals surface area (Å²) in [7, 11) is 1.59. The number of rotatable bonds is 7. The van der Waals surface area contributed by atoms with Crippen molar-refractivity contribution < 1.29 is 19.2 Å². The first kappa shape index (κ1) is 21.9. The Kier molecular flexibility index (Phi) is 6.30. The number of benzene rings is 2. The van der Waals surface area contributed by atoms with E-state index in [4.69, 9.17) is 9.47 Å². The first-order valence-electron chi connectivity index (χ1n) is 10.3. The normalized spacial score (nSPS) is 15.2. The number of nitro groups is 1. The van der Waals surface area contributed by atoms with E-state index in [0.717, 1.165) is 16.8 Å². The average Bonchev–Trinajstić information content (AvgIpc) is 3.29. The van der Waals surface area contributed by atoms with Gasteiger partial charge >= 0.3 is 5.82 Å². The van der Waals surface area contributed by atoms with Gasteiger partial charge in [-0.15, -0.1) is 0 Å². The quantitative estimate of drug-likeness (QED) is 0.400. The number of aromatic nitrogens is 1. The number of carbonyl (C=O) groups excluding carboxylic acids is 1. The minimum Gasteiger partial charge on any atom is -0.497 e. The van der Waals surface area contributed by atoms with Crippen LogP contribution in [0.5, 0.6) is 11.5 Å². The van der Waals surface area contributed by atoms with Crippen LogP contribution in [0.15, 0.2) is 71.8 Å². The van der Waals surface area contributed by atoms with Crippen molar-refractivity contribution in [2.24, 2.45) is 5.10 Å². The Labute approximate surface area is 190 Å². The van der Waals surface area contributed by atoms with Gasteiger partial charge in [0.2, 0.25) is 5.75 Å². The van der Waals surface area contributed by atoms with Gasteiger partial charge in [-0.1, -0.05) is 42.5 Å². The number of methoxy groups -OCH3 is 1. The molecule has 0 aliphatic carbocycles. The Morgan fingerprint density at radius 1 is 1.12 bits per heavy atom. The minimum absolute atomic E-state index is 0.0635. The second-order valence-electron chi connectivity index (χ2n) is 7.46. The van der Waals surface area contributed by atoms with Gasteiger partial charge in [0.15, 0.2) is 6.61 Å². The first-order valence-corrected chi connectivity index (χ1v) is 10.3. The van der Waals surface area contributed by atoms with E-state index in [0.29, 0.717) is 17.9 Å². The molecule has 1 aliphatic heterocycles. The standard InChI is InChI=1S/C24H22N4O5/c1-16-8-13-22(24(25-16)28(30)31)33-15-23(29)27-21(18-9-11-19(32-2)12-10-18)14-20(26-27)17-6-4-3-5-7-17/h3-13,21H,14-15H2,1-2H3/t21-/m0/s1. The highest BCUT2D eigenvalue weighted by Crippen LogP contribution is 2.34. The summed E-state index contributed by atoms with van der Waals surface area (Å²) in [6.07, 6.45) is 0.522. The van der Waals surface area contributed by atoms with Crippen LogP contribution >= 0.6 is 0 Å². The van der Waals surface area contributed by atoms with Crippen LogP contribution in [0.3, 0.4) is 0 Å². The number of hydrogen-bond donors (Lipinski definition) is 0. The highest BCUT2D eigenvalue weighted by molar-refractivity contribution is 6.03. The number of nitrogens with zero attached hydrogens (tertiary/aromatic N) is 4. The summed E-state index contributed by atoms with van der Waals surface area (Å²) in [5.41, 5.74) is 3.07. The highest BCUT2D eigenvalue weighted by Gasteiger charge is 2.33. The molecule has 1 atom stereocenters. The molecule has 168 valence electrons. The summed E-state index contributed by atoms with van der Waals surface area (Å²) in [6, 6.07) is 19.8. The van der Waals surface area contributed by atoms with Crippen molar-refractivity contribution in [2.75, 3.05) is 13.7 Å². The maximum Gasteiger partial charge on any atom is 0.406 e. The Bertz CT molecular complexity index is 1200. The van der Waals surface area contributed by atoms with Crippen LogP contribution in [-0.4, -0.2) is 40.3 Å². The number of carbonyl (C=O) groups is 1. The third kappa shape index (κ3) is 4.82. The van der Waals surface area contributed by atoms with Crippen LogP contribution < -0.4 is 9.47 Å². The molecule has 0 saturated heterocycles. The van der Waals surface area contributed by atoms with E-state index in [-0.39, 0.29) is 11.8 Å². The molecule has 0 spiro atoms. The zero-order valence-electron chi connectivity index (χ0n) is 18.2. The number of hydrogen-bond acceptors (Lipinski definition) is 7. The van der Waals surface area contributed by atoms with E-state index >= 15 is 0 Å². The van der Waals surface area contributed by atoms with Gasteiger partial charge in [-0.25, -0.2) is 5.01 Å². The zero-order valence-corrected chi connectivity index (χ0v) is 18.2. The van der Waals surface area contributed by atoms with Gasteiger partial charge in [0.25, 0.3) is 5.91 Å². The Balaban J connectivity index is 1.59. The zero-order chi connectivity index (χ0) is 23.4. The van der Waals surface area contributed by atoms with Crippen molar-refractivity contribution in [3.63, 3.8) is 0 Å². The molecule has 0 unspecified atom stereocenters. The Morgan fingerprint density at radius 3 is 2.52 bits per heavy atom. The van der Waals surface area contributed by atoms with Gasteiger partial charge in [0, 0.05) is 13.3 Å². The van der Waals surface area contributed by atoms with Gasteiger partial charge in [0.05, 0.1) is 18.9 Å². The molecular weight excluding hydrogens is 424 g/mol. The monoisotopic (exact) mass is 446 g/mol. The highest BCUT2D eigenvalue weighted by atomic mass is 16.6. The second kappa shape index (κ2) is 9.47. The first-order chi connectivity index (χ1) is 16.0. The van der Waals surface area contributed by atoms with Crippen molar-refractivity contribution in [3.05, 3.63) is 93.7 Å². The van der Waals surface area contributed by atoms with Crippen molar-refractivity contribution in [1.82, 2.24) is 9.99 Å². The lowest BCUT2D eigenvalue weighted by Gasteiger charge is -2.22. The largest absolute Gasteiger partial charge is 0.497 e. The van der Waals surface area contributed by atoms with Gasteiger partial charge in [-0.2, -0.15) is 5.10 Å². The molecule has 0 N–H and O–H groups in total. The van der Waals surface area contributed by atoms with Crippen LogP contribution in [0.1, 0.15) is 29.3 Å². The topological polar surface area (TPSA) is 107 Å². The molecule has 33 heavy (non-hydrogen) atoms. The van der Waals surface area contributed by atoms with Crippen LogP contribution in [0.4, 0.5) is 5.82 Å². The summed E-state index contributed by atoms with van der Waals surface area (Å²) in [4.78, 5) is 27.7. The molecule has 9 heteroatoms. The number of pyridine rings is 1. The molecule has 0 fully saturated rings. The fraction of sp³-hybridized carbons (Fsp3) is 0.208. The average molecular weight is 446 g/mol. The second-order valence-corrected chi connectivity index (χ2v) is 7.46. The van der Waals surface area contributed by atoms with Crippen LogP contribution in [0, 0.1) is 17.0 Å². The summed E-state index contributed by atoms with van der Waals surface area (Å²) >= 11 is 0. The molecular formula is C24H22N4O5. The van der Waals surface area contributed by atoms with Crippen LogP contribution in [0.25, 0.3) is 0 Å². The summed E-state index contributed by atoms with van der Waals surface area (Å²) in [5, 5.41) is 17.3. The van der Waals surface area contributed by atoms with Gasteiger partial charge in [-0.3, -0.25) is 4.79 Å². The lowest BCUT2D eigenvalue weighted by molar-refractivity contribution is -0.390. The van der Waals surface area contributed by atoms with E-state index in [1.165, 1.54) is 11.1 Å². The Morgan fingerprint density at radius 2 is 1.85 bits per heavy atom. The van der Waals surface area contributed by atoms with Crippen LogP contribution in [-0.2, 0) is 4.79 Å². The molecule has 2 heterocycles. The number of ether oxygens (including phenoxy) is 2. The van der Waals surface area contributed by atoms with Crippen molar-refractivity contribution in [3.8, 4) is 11.5 Å². The van der Waals surface area contributed by atoms with Crippen molar-refractivity contribution in [1.29, 1.82) is 0 Å². The Hall–Kier alpha value is -4.27. The van der Waals surface area contributed by atoms with E-state index in [1.807, 2.05) is 54.6 Å². The van der Waals surface area contributed by atoms with E-state index in [9.17, 15) is 14.9 Å². The fourth-order valence-corrected chi connectivity index (χ4v) is 3.61. The van der Waals surface area contributed by atoms with Gasteiger partial charge < -0.3 is 19.6 Å². The molecule has 1 amide bonds. The SMILES string of the molecule is COc1ccc([C@@H]2CC(c3ccccc3)=NN2C(=O)COc2ccc(C)nc2[N+](=O)[O-])cc1. The number of amides is 1. The van der Waals surface area contributed by atoms with Gasteiger partial charge in [-0.05, 0) is 45.3 Å². The van der Waals surface area contributed by atoms with Crippen LogP contribution in [0.2, 0.25) is 0 Å². The van der Waals surface area contributed by atoms with E-state index < -0.39 is 23.3 Å². The summed E-state index contributed by atoms with van der Waals surface area (Å²) in [5.74, 6) is -0.200. The maximum atomic E-state index is 13.1. The minimum atomic E-state index is -0.630. The molecule has 3 aromatic rings. The number of hydrazone groups is 1. The van der Waals surface area contributed by atoms with E-state index in [2.05, 4.69) is 10.1 Å². The van der Waals surface area contributed by atoms with E-state index in [1.54, 1.807) is 20.1 Å². The third-order valence-electron chi connectivity index (χ3n) is 5.28. The lowest BCUT2D eigenvalue weighted by Crippen LogP contribution is -2.31. The summed E-state index contributed by atoms with van der Waals surface area (Å²) < 4.78 is 10.7. The molecule has 1 aromatic heterocycles. The molecule has 4 rings (SSSR count). The van der Waals surface area contributed by atoms with Crippen molar-refractivity contribution >= 4 is 17.4 Å². The van der Waals surface area contributed by atoms with Crippen molar-refractivity contribution in [2.45, 2.75) is 19.4 Å². The fourth-order valence-electron chi connectivity index (χ4n) is 3.61. The molecule has 0 saturated carbocycles. The molecule has 0 radical (unpaired) electrons. The molecule has 9 nitrogen and oxygen atoms in total. The smallest absolute Gasteiger partial charge is 0.406 e. The summed E-state index contributed by atoms with van der Waals surface area (Å²) in [6.45, 7) is 1.23. The van der Waals surface area contributed by atoms with Gasteiger partial charge in [0.1, 0.15) is 11.4 Å². The predicted molar refractivity (Wildman–Crippen MR) is 121 cm³/mol. The molecule has 1 aliphatic rings. The molecule has 0 bridgehead atoms. The maximum absolute atomic E-state index is 13.1.